The maximum atomic E-state index is 12.4. The predicted molar refractivity (Wildman–Crippen MR) is 110 cm³/mol. The number of nitrogens with zero attached hydrogens (tertiary/aromatic N) is 2. The van der Waals surface area contributed by atoms with E-state index in [1.807, 2.05) is 35.7 Å². The van der Waals surface area contributed by atoms with Crippen LogP contribution < -0.4 is 15.0 Å². The van der Waals surface area contributed by atoms with Gasteiger partial charge in [0.25, 0.3) is 5.91 Å². The summed E-state index contributed by atoms with van der Waals surface area (Å²) in [6, 6.07) is 15.3. The molecule has 3 aromatic rings. The Kier molecular flexibility index (Phi) is 5.08. The molecule has 0 unspecified atom stereocenters. The maximum absolute atomic E-state index is 12.4. The molecular formula is C21H19N3O3S. The second-order valence-corrected chi connectivity index (χ2v) is 7.38. The molecule has 2 aromatic carbocycles. The van der Waals surface area contributed by atoms with E-state index in [9.17, 15) is 9.59 Å². The molecule has 0 fully saturated rings. The molecule has 0 radical (unpaired) electrons. The third-order valence-corrected chi connectivity index (χ3v) is 5.44. The molecule has 28 heavy (non-hydrogen) atoms. The fourth-order valence-electron chi connectivity index (χ4n) is 3.00. The highest BCUT2D eigenvalue weighted by Gasteiger charge is 2.24. The van der Waals surface area contributed by atoms with Gasteiger partial charge in [-0.1, -0.05) is 36.4 Å². The molecule has 0 spiro atoms. The van der Waals surface area contributed by atoms with Crippen molar-refractivity contribution in [2.75, 3.05) is 23.9 Å². The predicted octanol–water partition coefficient (Wildman–Crippen LogP) is 3.74. The minimum absolute atomic E-state index is 0.0300. The van der Waals surface area contributed by atoms with Gasteiger partial charge in [-0.05, 0) is 12.1 Å². The number of benzene rings is 2. The number of thiazole rings is 1. The van der Waals surface area contributed by atoms with Crippen molar-refractivity contribution in [1.82, 2.24) is 4.98 Å². The summed E-state index contributed by atoms with van der Waals surface area (Å²) in [6.45, 7) is -0.0300. The molecule has 7 heteroatoms. The Hall–Kier alpha value is -3.19. The number of amides is 2. The number of nitrogens with one attached hydrogen (secondary N) is 1. The minimum atomic E-state index is -0.118. The molecule has 4 rings (SSSR count). The first kappa shape index (κ1) is 18.2. The van der Waals surface area contributed by atoms with Crippen LogP contribution in [-0.2, 0) is 16.0 Å². The fraction of sp³-hybridized carbons (Fsp3) is 0.190. The lowest BCUT2D eigenvalue weighted by molar-refractivity contribution is -0.121. The molecule has 2 heterocycles. The number of fused-ring (bicyclic) bond motifs is 1. The van der Waals surface area contributed by atoms with Crippen LogP contribution in [0.3, 0.4) is 0 Å². The number of likely N-dealkylation sites (N-methyl/N-ethyl adjacent to an activating group) is 1. The quantitative estimate of drug-likeness (QED) is 0.717. The lowest BCUT2D eigenvalue weighted by atomic mass is 10.2. The fourth-order valence-corrected chi connectivity index (χ4v) is 3.81. The number of hydrogen-bond acceptors (Lipinski definition) is 5. The first-order chi connectivity index (χ1) is 13.6. The summed E-state index contributed by atoms with van der Waals surface area (Å²) in [6.07, 6.45) is 0.887. The van der Waals surface area contributed by atoms with Crippen LogP contribution in [0, 0.1) is 0 Å². The number of carbonyl (C=O) groups is 2. The molecule has 0 saturated heterocycles. The van der Waals surface area contributed by atoms with Crippen molar-refractivity contribution in [3.05, 3.63) is 58.9 Å². The lowest BCUT2D eigenvalue weighted by Crippen LogP contribution is -2.35. The molecule has 1 aliphatic heterocycles. The van der Waals surface area contributed by atoms with Gasteiger partial charge in [0.2, 0.25) is 5.91 Å². The van der Waals surface area contributed by atoms with E-state index >= 15 is 0 Å². The zero-order valence-corrected chi connectivity index (χ0v) is 16.2. The number of rotatable bonds is 5. The topological polar surface area (TPSA) is 71.5 Å². The van der Waals surface area contributed by atoms with Crippen LogP contribution in [0.15, 0.2) is 53.9 Å². The molecule has 2 amide bonds. The van der Waals surface area contributed by atoms with Crippen molar-refractivity contribution >= 4 is 34.5 Å². The summed E-state index contributed by atoms with van der Waals surface area (Å²) < 4.78 is 5.54. The monoisotopic (exact) mass is 393 g/mol. The maximum Gasteiger partial charge on any atom is 0.264 e. The molecule has 1 aliphatic rings. The van der Waals surface area contributed by atoms with Gasteiger partial charge in [0.15, 0.2) is 12.4 Å². The first-order valence-corrected chi connectivity index (χ1v) is 9.82. The Balaban J connectivity index is 1.40. The van der Waals surface area contributed by atoms with Gasteiger partial charge in [0.05, 0.1) is 22.1 Å². The zero-order chi connectivity index (χ0) is 19.5. The van der Waals surface area contributed by atoms with Crippen LogP contribution in [0.5, 0.6) is 5.75 Å². The van der Waals surface area contributed by atoms with Gasteiger partial charge in [-0.15, -0.1) is 11.3 Å². The minimum Gasteiger partial charge on any atom is -0.479 e. The van der Waals surface area contributed by atoms with E-state index in [2.05, 4.69) is 10.3 Å². The van der Waals surface area contributed by atoms with Crippen LogP contribution >= 0.6 is 11.3 Å². The van der Waals surface area contributed by atoms with E-state index in [0.717, 1.165) is 16.3 Å². The van der Waals surface area contributed by atoms with Gasteiger partial charge in [0, 0.05) is 30.8 Å². The van der Waals surface area contributed by atoms with Gasteiger partial charge in [-0.2, -0.15) is 0 Å². The Morgan fingerprint density at radius 3 is 2.86 bits per heavy atom. The van der Waals surface area contributed by atoms with E-state index in [0.29, 0.717) is 30.0 Å². The molecule has 1 N–H and O–H groups in total. The summed E-state index contributed by atoms with van der Waals surface area (Å²) in [5.74, 6) is 0.292. The number of para-hydroxylation sites is 1. The van der Waals surface area contributed by atoms with Gasteiger partial charge in [0.1, 0.15) is 0 Å². The van der Waals surface area contributed by atoms with E-state index in [-0.39, 0.29) is 18.4 Å². The summed E-state index contributed by atoms with van der Waals surface area (Å²) in [5, 5.41) is 5.82. The van der Waals surface area contributed by atoms with Crippen molar-refractivity contribution in [2.45, 2.75) is 12.8 Å². The van der Waals surface area contributed by atoms with Crippen molar-refractivity contribution in [3.8, 4) is 17.0 Å². The average molecular weight is 393 g/mol. The van der Waals surface area contributed by atoms with E-state index in [4.69, 9.17) is 4.74 Å². The van der Waals surface area contributed by atoms with Crippen LogP contribution in [-0.4, -0.2) is 30.5 Å². The molecule has 0 atom stereocenters. The van der Waals surface area contributed by atoms with Crippen molar-refractivity contribution < 1.29 is 14.3 Å². The van der Waals surface area contributed by atoms with Crippen LogP contribution in [0.25, 0.3) is 11.3 Å². The zero-order valence-electron chi connectivity index (χ0n) is 15.3. The summed E-state index contributed by atoms with van der Waals surface area (Å²) in [4.78, 5) is 30.3. The number of aromatic nitrogens is 1. The highest BCUT2D eigenvalue weighted by atomic mass is 32.1. The molecule has 0 bridgehead atoms. The molecule has 0 aliphatic carbocycles. The van der Waals surface area contributed by atoms with Gasteiger partial charge in [-0.3, -0.25) is 9.59 Å². The molecule has 6 nitrogen and oxygen atoms in total. The third kappa shape index (κ3) is 3.75. The highest BCUT2D eigenvalue weighted by Crippen LogP contribution is 2.38. The average Bonchev–Trinajstić information content (AvgIpc) is 3.19. The number of anilines is 2. The van der Waals surface area contributed by atoms with Gasteiger partial charge < -0.3 is 15.0 Å². The number of aryl methyl sites for hydroxylation is 1. The molecule has 1 aromatic heterocycles. The second-order valence-electron chi connectivity index (χ2n) is 6.44. The van der Waals surface area contributed by atoms with E-state index in [1.165, 1.54) is 4.90 Å². The van der Waals surface area contributed by atoms with Crippen LogP contribution in [0.4, 0.5) is 11.4 Å². The van der Waals surface area contributed by atoms with Crippen LogP contribution in [0.1, 0.15) is 11.4 Å². The van der Waals surface area contributed by atoms with E-state index in [1.54, 1.807) is 36.6 Å². The second kappa shape index (κ2) is 7.82. The van der Waals surface area contributed by atoms with Gasteiger partial charge in [-0.25, -0.2) is 4.98 Å². The smallest absolute Gasteiger partial charge is 0.264 e. The molecule has 142 valence electrons. The summed E-state index contributed by atoms with van der Waals surface area (Å²) in [5.41, 5.74) is 3.23. The summed E-state index contributed by atoms with van der Waals surface area (Å²) >= 11 is 1.56. The number of hydrogen-bond donors (Lipinski definition) is 1. The first-order valence-electron chi connectivity index (χ1n) is 8.94. The normalized spacial score (nSPS) is 13.0. The lowest BCUT2D eigenvalue weighted by Gasteiger charge is -2.27. The molecular weight excluding hydrogens is 374 g/mol. The SMILES string of the molecule is CN1C(=O)COc2c(NC(=O)CCc3nc(-c4ccccc4)cs3)cccc21. The standard InChI is InChI=1S/C21H19N3O3S/c1-24-17-9-5-8-15(21(17)27-12-20(24)26)22-18(25)10-11-19-23-16(13-28-19)14-6-3-2-4-7-14/h2-9,13H,10-12H2,1H3,(H,22,25). The van der Waals surface area contributed by atoms with Crippen molar-refractivity contribution in [3.63, 3.8) is 0 Å². The largest absolute Gasteiger partial charge is 0.479 e. The molecule has 0 saturated carbocycles. The van der Waals surface area contributed by atoms with E-state index < -0.39 is 0 Å². The Morgan fingerprint density at radius 2 is 2.04 bits per heavy atom. The van der Waals surface area contributed by atoms with Crippen molar-refractivity contribution in [1.29, 1.82) is 0 Å². The Morgan fingerprint density at radius 1 is 1.21 bits per heavy atom. The Bertz CT molecular complexity index is 1020. The Labute approximate surface area is 166 Å². The van der Waals surface area contributed by atoms with Gasteiger partial charge >= 0.3 is 0 Å². The third-order valence-electron chi connectivity index (χ3n) is 4.53. The summed E-state index contributed by atoms with van der Waals surface area (Å²) in [7, 11) is 1.70. The van der Waals surface area contributed by atoms with Crippen LogP contribution in [0.2, 0.25) is 0 Å². The highest BCUT2D eigenvalue weighted by molar-refractivity contribution is 7.09. The number of ether oxygens (including phenoxy) is 1. The van der Waals surface area contributed by atoms with Crippen molar-refractivity contribution in [2.24, 2.45) is 0 Å². The number of carbonyl (C=O) groups excluding carboxylic acids is 2.